The van der Waals surface area contributed by atoms with Crippen molar-refractivity contribution in [2.75, 3.05) is 45.9 Å². The molecule has 3 heterocycles. The summed E-state index contributed by atoms with van der Waals surface area (Å²) in [6.07, 6.45) is 3.55. The number of aromatic nitrogens is 1. The van der Waals surface area contributed by atoms with Crippen molar-refractivity contribution < 1.29 is 14.3 Å². The molecule has 1 aromatic rings. The molecule has 2 aliphatic rings. The number of carbonyl (C=O) groups is 2. The molecule has 23 heavy (non-hydrogen) atoms. The standard InChI is InChI=1S/C17H25N3O3/c1-13-15(12-21)18-14-4-2-6-20(17(22)16(13)14)7-3-5-19-8-10-23-11-9-19/h12,18H,2-11H2,1H3. The van der Waals surface area contributed by atoms with Gasteiger partial charge in [-0.25, -0.2) is 0 Å². The smallest absolute Gasteiger partial charge is 0.255 e. The minimum Gasteiger partial charge on any atom is -0.379 e. The number of aromatic amines is 1. The zero-order valence-electron chi connectivity index (χ0n) is 13.8. The van der Waals surface area contributed by atoms with Crippen LogP contribution in [0, 0.1) is 6.92 Å². The van der Waals surface area contributed by atoms with Gasteiger partial charge >= 0.3 is 0 Å². The molecule has 0 aromatic carbocycles. The summed E-state index contributed by atoms with van der Waals surface area (Å²) < 4.78 is 5.36. The van der Waals surface area contributed by atoms with E-state index in [-0.39, 0.29) is 5.91 Å². The van der Waals surface area contributed by atoms with Crippen LogP contribution in [0.25, 0.3) is 0 Å². The Hall–Kier alpha value is -1.66. The number of aryl methyl sites for hydroxylation is 1. The van der Waals surface area contributed by atoms with Crippen LogP contribution in [-0.2, 0) is 11.2 Å². The molecule has 1 N–H and O–H groups in total. The third kappa shape index (κ3) is 3.48. The molecule has 0 radical (unpaired) electrons. The topological polar surface area (TPSA) is 65.6 Å². The first kappa shape index (κ1) is 16.2. The van der Waals surface area contributed by atoms with Crippen LogP contribution in [0.2, 0.25) is 0 Å². The van der Waals surface area contributed by atoms with E-state index in [1.807, 2.05) is 11.8 Å². The van der Waals surface area contributed by atoms with E-state index in [2.05, 4.69) is 9.88 Å². The maximum atomic E-state index is 12.8. The number of hydrogen-bond acceptors (Lipinski definition) is 4. The van der Waals surface area contributed by atoms with Crippen molar-refractivity contribution in [2.24, 2.45) is 0 Å². The van der Waals surface area contributed by atoms with Gasteiger partial charge in [-0.15, -0.1) is 0 Å². The molecule has 0 bridgehead atoms. The van der Waals surface area contributed by atoms with Gasteiger partial charge in [-0.2, -0.15) is 0 Å². The fraction of sp³-hybridized carbons (Fsp3) is 0.647. The lowest BCUT2D eigenvalue weighted by Gasteiger charge is -2.28. The summed E-state index contributed by atoms with van der Waals surface area (Å²) >= 11 is 0. The number of nitrogens with zero attached hydrogens (tertiary/aromatic N) is 2. The van der Waals surface area contributed by atoms with E-state index in [4.69, 9.17) is 4.74 Å². The van der Waals surface area contributed by atoms with Crippen molar-refractivity contribution in [1.82, 2.24) is 14.8 Å². The molecule has 0 spiro atoms. The van der Waals surface area contributed by atoms with Crippen molar-refractivity contribution in [3.63, 3.8) is 0 Å². The van der Waals surface area contributed by atoms with Gasteiger partial charge in [-0.3, -0.25) is 14.5 Å². The second-order valence-electron chi connectivity index (χ2n) is 6.34. The number of H-pyrrole nitrogens is 1. The highest BCUT2D eigenvalue weighted by atomic mass is 16.5. The lowest BCUT2D eigenvalue weighted by molar-refractivity contribution is 0.0357. The van der Waals surface area contributed by atoms with Crippen LogP contribution in [0.15, 0.2) is 0 Å². The Kier molecular flexibility index (Phi) is 5.13. The van der Waals surface area contributed by atoms with Gasteiger partial charge < -0.3 is 14.6 Å². The Bertz CT molecular complexity index is 576. The quantitative estimate of drug-likeness (QED) is 0.830. The fourth-order valence-corrected chi connectivity index (χ4v) is 3.50. The van der Waals surface area contributed by atoms with Crippen LogP contribution < -0.4 is 0 Å². The zero-order chi connectivity index (χ0) is 16.2. The third-order valence-electron chi connectivity index (χ3n) is 4.85. The number of hydrogen-bond donors (Lipinski definition) is 1. The van der Waals surface area contributed by atoms with E-state index in [1.54, 1.807) is 0 Å². The first-order valence-corrected chi connectivity index (χ1v) is 8.46. The molecule has 0 unspecified atom stereocenters. The normalized spacial score (nSPS) is 19.5. The molecule has 1 amide bonds. The monoisotopic (exact) mass is 319 g/mol. The average molecular weight is 319 g/mol. The van der Waals surface area contributed by atoms with E-state index in [1.165, 1.54) is 0 Å². The molecule has 6 nitrogen and oxygen atoms in total. The zero-order valence-corrected chi connectivity index (χ0v) is 13.8. The summed E-state index contributed by atoms with van der Waals surface area (Å²) in [4.78, 5) is 31.4. The lowest BCUT2D eigenvalue weighted by atomic mass is 10.1. The van der Waals surface area contributed by atoms with Crippen LogP contribution in [0.4, 0.5) is 0 Å². The van der Waals surface area contributed by atoms with E-state index in [0.29, 0.717) is 5.69 Å². The minimum atomic E-state index is 0.0707. The molecule has 3 rings (SSSR count). The summed E-state index contributed by atoms with van der Waals surface area (Å²) in [5, 5.41) is 0. The summed E-state index contributed by atoms with van der Waals surface area (Å²) in [6.45, 7) is 8.01. The summed E-state index contributed by atoms with van der Waals surface area (Å²) in [6, 6.07) is 0. The molecular formula is C17H25N3O3. The molecule has 0 aliphatic carbocycles. The second-order valence-corrected chi connectivity index (χ2v) is 6.34. The molecular weight excluding hydrogens is 294 g/mol. The van der Waals surface area contributed by atoms with Gasteiger partial charge in [0.15, 0.2) is 6.29 Å². The highest BCUT2D eigenvalue weighted by Gasteiger charge is 2.27. The van der Waals surface area contributed by atoms with Crippen LogP contribution in [0.5, 0.6) is 0 Å². The number of ether oxygens (including phenoxy) is 1. The van der Waals surface area contributed by atoms with Crippen molar-refractivity contribution in [2.45, 2.75) is 26.2 Å². The van der Waals surface area contributed by atoms with Gasteiger partial charge in [0.1, 0.15) is 0 Å². The minimum absolute atomic E-state index is 0.0707. The van der Waals surface area contributed by atoms with Crippen molar-refractivity contribution >= 4 is 12.2 Å². The van der Waals surface area contributed by atoms with Gasteiger partial charge in [0.05, 0.1) is 24.5 Å². The van der Waals surface area contributed by atoms with Crippen LogP contribution in [-0.4, -0.2) is 72.9 Å². The summed E-state index contributed by atoms with van der Waals surface area (Å²) in [7, 11) is 0. The summed E-state index contributed by atoms with van der Waals surface area (Å²) in [5.74, 6) is 0.0707. The highest BCUT2D eigenvalue weighted by Crippen LogP contribution is 2.24. The number of rotatable bonds is 5. The van der Waals surface area contributed by atoms with Crippen LogP contribution >= 0.6 is 0 Å². The maximum absolute atomic E-state index is 12.8. The van der Waals surface area contributed by atoms with Crippen LogP contribution in [0.1, 0.15) is 44.9 Å². The Morgan fingerprint density at radius 2 is 2.00 bits per heavy atom. The van der Waals surface area contributed by atoms with Gasteiger partial charge in [-0.05, 0) is 31.7 Å². The van der Waals surface area contributed by atoms with Gasteiger partial charge in [-0.1, -0.05) is 0 Å². The van der Waals surface area contributed by atoms with Gasteiger partial charge in [0.2, 0.25) is 0 Å². The fourth-order valence-electron chi connectivity index (χ4n) is 3.50. The van der Waals surface area contributed by atoms with Crippen LogP contribution in [0.3, 0.4) is 0 Å². The Morgan fingerprint density at radius 3 is 2.74 bits per heavy atom. The molecule has 126 valence electrons. The largest absolute Gasteiger partial charge is 0.379 e. The van der Waals surface area contributed by atoms with Gasteiger partial charge in [0.25, 0.3) is 5.91 Å². The number of morpholine rings is 1. The number of aldehydes is 1. The Labute approximate surface area is 136 Å². The van der Waals surface area contributed by atoms with Gasteiger partial charge in [0, 0.05) is 38.4 Å². The van der Waals surface area contributed by atoms with Crippen molar-refractivity contribution in [3.8, 4) is 0 Å². The predicted octanol–water partition coefficient (Wildman–Crippen LogP) is 1.25. The Balaban J connectivity index is 1.62. The SMILES string of the molecule is Cc1c(C=O)[nH]c2c1C(=O)N(CCCN1CCOCC1)CCC2. The summed E-state index contributed by atoms with van der Waals surface area (Å²) in [5.41, 5.74) is 2.97. The van der Waals surface area contributed by atoms with Crippen molar-refractivity contribution in [1.29, 1.82) is 0 Å². The molecule has 0 saturated carbocycles. The number of fused-ring (bicyclic) bond motifs is 1. The Morgan fingerprint density at radius 1 is 1.22 bits per heavy atom. The first-order valence-electron chi connectivity index (χ1n) is 8.46. The number of nitrogens with one attached hydrogen (secondary N) is 1. The molecule has 1 saturated heterocycles. The second kappa shape index (κ2) is 7.27. The third-order valence-corrected chi connectivity index (χ3v) is 4.85. The molecule has 2 aliphatic heterocycles. The molecule has 1 aromatic heterocycles. The molecule has 6 heteroatoms. The molecule has 0 atom stereocenters. The lowest BCUT2D eigenvalue weighted by Crippen LogP contribution is -2.39. The highest BCUT2D eigenvalue weighted by molar-refractivity contribution is 5.99. The average Bonchev–Trinajstić information content (AvgIpc) is 2.80. The van der Waals surface area contributed by atoms with Crippen molar-refractivity contribution in [3.05, 3.63) is 22.5 Å². The molecule has 1 fully saturated rings. The predicted molar refractivity (Wildman–Crippen MR) is 87.0 cm³/mol. The maximum Gasteiger partial charge on any atom is 0.255 e. The number of carbonyl (C=O) groups excluding carboxylic acids is 2. The first-order chi connectivity index (χ1) is 11.2. The van der Waals surface area contributed by atoms with E-state index in [9.17, 15) is 9.59 Å². The van der Waals surface area contributed by atoms with E-state index < -0.39 is 0 Å². The van der Waals surface area contributed by atoms with E-state index >= 15 is 0 Å². The number of amides is 1. The van der Waals surface area contributed by atoms with E-state index in [0.717, 1.165) is 88.3 Å².